The van der Waals surface area contributed by atoms with E-state index in [0.29, 0.717) is 11.6 Å². The van der Waals surface area contributed by atoms with Gasteiger partial charge in [-0.05, 0) is 30.7 Å². The Labute approximate surface area is 157 Å². The Bertz CT molecular complexity index is 935. The molecule has 0 spiro atoms. The summed E-state index contributed by atoms with van der Waals surface area (Å²) in [5.74, 6) is -7.22. The van der Waals surface area contributed by atoms with Gasteiger partial charge in [-0.1, -0.05) is 12.1 Å². The Morgan fingerprint density at radius 2 is 1.75 bits per heavy atom. The standard InChI is InChI=1S/C18H16F3N3O4/c1-9-3-2-4-10(17(9)22)18(27)28-8-14(26)23-7-13(25)24-12-6-5-11(19)15(20)16(12)21/h2-6H,7-8,22H2,1H3,(H,23,26)(H,24,25). The van der Waals surface area contributed by atoms with Crippen molar-refractivity contribution in [3.63, 3.8) is 0 Å². The zero-order chi connectivity index (χ0) is 20.8. The lowest BCUT2D eigenvalue weighted by atomic mass is 10.1. The number of halogens is 3. The van der Waals surface area contributed by atoms with Gasteiger partial charge < -0.3 is 21.1 Å². The predicted molar refractivity (Wildman–Crippen MR) is 93.8 cm³/mol. The number of benzene rings is 2. The van der Waals surface area contributed by atoms with Crippen molar-refractivity contribution in [3.05, 3.63) is 58.9 Å². The number of aryl methyl sites for hydroxylation is 1. The van der Waals surface area contributed by atoms with E-state index >= 15 is 0 Å². The number of para-hydroxylation sites is 1. The van der Waals surface area contributed by atoms with Gasteiger partial charge in [-0.25, -0.2) is 18.0 Å². The van der Waals surface area contributed by atoms with E-state index in [4.69, 9.17) is 10.5 Å². The molecule has 0 bridgehead atoms. The first-order valence-electron chi connectivity index (χ1n) is 7.93. The van der Waals surface area contributed by atoms with Gasteiger partial charge in [0, 0.05) is 5.69 Å². The SMILES string of the molecule is Cc1cccc(C(=O)OCC(=O)NCC(=O)Nc2ccc(F)c(F)c2F)c1N. The monoisotopic (exact) mass is 395 g/mol. The number of ether oxygens (including phenoxy) is 1. The van der Waals surface area contributed by atoms with Crippen LogP contribution in [0.4, 0.5) is 24.5 Å². The first-order chi connectivity index (χ1) is 13.2. The first-order valence-corrected chi connectivity index (χ1v) is 7.93. The molecule has 2 aromatic carbocycles. The van der Waals surface area contributed by atoms with Gasteiger partial charge in [0.1, 0.15) is 0 Å². The maximum Gasteiger partial charge on any atom is 0.340 e. The summed E-state index contributed by atoms with van der Waals surface area (Å²) in [6, 6.07) is 6.22. The molecule has 148 valence electrons. The second-order valence-electron chi connectivity index (χ2n) is 5.66. The highest BCUT2D eigenvalue weighted by molar-refractivity contribution is 5.98. The Morgan fingerprint density at radius 3 is 2.46 bits per heavy atom. The summed E-state index contributed by atoms with van der Waals surface area (Å²) in [5.41, 5.74) is 6.16. The molecule has 0 unspecified atom stereocenters. The third kappa shape index (κ3) is 5.00. The minimum absolute atomic E-state index is 0.0966. The van der Waals surface area contributed by atoms with Crippen molar-refractivity contribution in [2.75, 3.05) is 24.2 Å². The zero-order valence-corrected chi connectivity index (χ0v) is 14.6. The van der Waals surface area contributed by atoms with Crippen molar-refractivity contribution in [1.82, 2.24) is 5.32 Å². The average Bonchev–Trinajstić information content (AvgIpc) is 2.67. The second-order valence-corrected chi connectivity index (χ2v) is 5.66. The van der Waals surface area contributed by atoms with Crippen LogP contribution in [0, 0.1) is 24.4 Å². The van der Waals surface area contributed by atoms with Crippen LogP contribution in [0.5, 0.6) is 0 Å². The number of amides is 2. The molecule has 2 aromatic rings. The van der Waals surface area contributed by atoms with Crippen LogP contribution >= 0.6 is 0 Å². The molecule has 0 aliphatic heterocycles. The van der Waals surface area contributed by atoms with Crippen LogP contribution < -0.4 is 16.4 Å². The lowest BCUT2D eigenvalue weighted by molar-refractivity contribution is -0.126. The normalized spacial score (nSPS) is 10.3. The highest BCUT2D eigenvalue weighted by Gasteiger charge is 2.17. The number of nitrogens with two attached hydrogens (primary N) is 1. The summed E-state index contributed by atoms with van der Waals surface area (Å²) in [5, 5.41) is 4.11. The topological polar surface area (TPSA) is 111 Å². The van der Waals surface area contributed by atoms with Gasteiger partial charge >= 0.3 is 5.97 Å². The van der Waals surface area contributed by atoms with Gasteiger partial charge in [-0.15, -0.1) is 0 Å². The number of esters is 1. The minimum atomic E-state index is -1.73. The number of carbonyl (C=O) groups is 3. The number of hydrogen-bond donors (Lipinski definition) is 3. The number of nitrogen functional groups attached to an aromatic ring is 1. The van der Waals surface area contributed by atoms with E-state index in [1.807, 2.05) is 5.32 Å². The van der Waals surface area contributed by atoms with Crippen molar-refractivity contribution in [2.45, 2.75) is 6.92 Å². The van der Waals surface area contributed by atoms with Gasteiger partial charge in [0.05, 0.1) is 17.8 Å². The maximum atomic E-state index is 13.5. The molecule has 0 aromatic heterocycles. The van der Waals surface area contributed by atoms with E-state index in [1.54, 1.807) is 19.1 Å². The molecule has 2 amide bonds. The molecule has 0 atom stereocenters. The average molecular weight is 395 g/mol. The first kappa shape index (κ1) is 20.7. The number of nitrogens with one attached hydrogen (secondary N) is 2. The lowest BCUT2D eigenvalue weighted by Crippen LogP contribution is -2.35. The van der Waals surface area contributed by atoms with E-state index in [0.717, 1.165) is 6.07 Å². The quantitative estimate of drug-likeness (QED) is 0.393. The van der Waals surface area contributed by atoms with Gasteiger partial charge in [-0.2, -0.15) is 0 Å². The lowest BCUT2D eigenvalue weighted by Gasteiger charge is -2.10. The number of hydrogen-bond acceptors (Lipinski definition) is 5. The summed E-state index contributed by atoms with van der Waals surface area (Å²) in [4.78, 5) is 35.3. The van der Waals surface area contributed by atoms with E-state index in [2.05, 4.69) is 5.32 Å². The fraction of sp³-hybridized carbons (Fsp3) is 0.167. The van der Waals surface area contributed by atoms with Crippen molar-refractivity contribution in [3.8, 4) is 0 Å². The molecule has 28 heavy (non-hydrogen) atoms. The summed E-state index contributed by atoms with van der Waals surface area (Å²) in [6.45, 7) is 0.410. The number of anilines is 2. The Morgan fingerprint density at radius 1 is 1.04 bits per heavy atom. The predicted octanol–water partition coefficient (Wildman–Crippen LogP) is 1.91. The van der Waals surface area contributed by atoms with E-state index in [1.165, 1.54) is 6.07 Å². The van der Waals surface area contributed by atoms with Crippen molar-refractivity contribution >= 4 is 29.2 Å². The molecule has 0 radical (unpaired) electrons. The Kier molecular flexibility index (Phi) is 6.59. The van der Waals surface area contributed by atoms with Crippen LogP contribution in [0.15, 0.2) is 30.3 Å². The molecule has 0 fully saturated rings. The zero-order valence-electron chi connectivity index (χ0n) is 14.6. The molecule has 4 N–H and O–H groups in total. The van der Waals surface area contributed by atoms with Crippen LogP contribution in [0.1, 0.15) is 15.9 Å². The molecule has 0 saturated carbocycles. The summed E-state index contributed by atoms with van der Waals surface area (Å²) in [7, 11) is 0. The van der Waals surface area contributed by atoms with Gasteiger partial charge in [0.25, 0.3) is 5.91 Å². The Balaban J connectivity index is 1.82. The van der Waals surface area contributed by atoms with Crippen molar-refractivity contribution < 1.29 is 32.3 Å². The molecular formula is C18H16F3N3O4. The van der Waals surface area contributed by atoms with Crippen molar-refractivity contribution in [1.29, 1.82) is 0 Å². The summed E-state index contributed by atoms with van der Waals surface area (Å²) >= 11 is 0. The number of rotatable bonds is 6. The Hall–Kier alpha value is -3.56. The maximum absolute atomic E-state index is 13.5. The van der Waals surface area contributed by atoms with Crippen LogP contribution in [-0.4, -0.2) is 30.9 Å². The van der Waals surface area contributed by atoms with Gasteiger partial charge in [0.15, 0.2) is 24.1 Å². The van der Waals surface area contributed by atoms with Gasteiger partial charge in [-0.3, -0.25) is 9.59 Å². The van der Waals surface area contributed by atoms with Crippen LogP contribution in [0.2, 0.25) is 0 Å². The largest absolute Gasteiger partial charge is 0.452 e. The van der Waals surface area contributed by atoms with E-state index in [-0.39, 0.29) is 11.3 Å². The third-order valence-corrected chi connectivity index (χ3v) is 3.63. The van der Waals surface area contributed by atoms with Crippen LogP contribution in [-0.2, 0) is 14.3 Å². The van der Waals surface area contributed by atoms with E-state index in [9.17, 15) is 27.6 Å². The van der Waals surface area contributed by atoms with Crippen molar-refractivity contribution in [2.24, 2.45) is 0 Å². The summed E-state index contributed by atoms with van der Waals surface area (Å²) in [6.07, 6.45) is 0. The smallest absolute Gasteiger partial charge is 0.340 e. The molecule has 2 rings (SSSR count). The van der Waals surface area contributed by atoms with Crippen LogP contribution in [0.3, 0.4) is 0 Å². The van der Waals surface area contributed by atoms with Crippen LogP contribution in [0.25, 0.3) is 0 Å². The molecular weight excluding hydrogens is 379 g/mol. The van der Waals surface area contributed by atoms with Gasteiger partial charge in [0.2, 0.25) is 5.91 Å². The number of carbonyl (C=O) groups excluding carboxylic acids is 3. The second kappa shape index (κ2) is 8.89. The molecule has 7 nitrogen and oxygen atoms in total. The van der Waals surface area contributed by atoms with E-state index < -0.39 is 54.1 Å². The summed E-state index contributed by atoms with van der Waals surface area (Å²) < 4.78 is 44.2. The highest BCUT2D eigenvalue weighted by Crippen LogP contribution is 2.19. The molecule has 0 aliphatic carbocycles. The molecule has 0 heterocycles. The fourth-order valence-corrected chi connectivity index (χ4v) is 2.11. The molecule has 10 heteroatoms. The molecule has 0 saturated heterocycles. The fourth-order valence-electron chi connectivity index (χ4n) is 2.11. The minimum Gasteiger partial charge on any atom is -0.452 e. The highest BCUT2D eigenvalue weighted by atomic mass is 19.2. The third-order valence-electron chi connectivity index (χ3n) is 3.63. The molecule has 0 aliphatic rings.